The summed E-state index contributed by atoms with van der Waals surface area (Å²) in [6.07, 6.45) is 0.271. The van der Waals surface area contributed by atoms with E-state index in [0.29, 0.717) is 0 Å². The maximum absolute atomic E-state index is 12.7. The summed E-state index contributed by atoms with van der Waals surface area (Å²) in [6, 6.07) is 9.14. The van der Waals surface area contributed by atoms with E-state index in [1.54, 1.807) is 0 Å². The maximum Gasteiger partial charge on any atom is 0.236 e. The molecule has 0 aliphatic carbocycles. The molecule has 0 radical (unpaired) electrons. The van der Waals surface area contributed by atoms with Crippen LogP contribution in [0.15, 0.2) is 30.3 Å². The normalized spacial score (nSPS) is 24.6. The Morgan fingerprint density at radius 3 is 2.30 bits per heavy atom. The number of hydrogen-bond donors (Lipinski definition) is 1. The molecule has 2 atom stereocenters. The number of hydrogen-bond acceptors (Lipinski definition) is 3. The summed E-state index contributed by atoms with van der Waals surface area (Å²) in [5, 5.41) is 0. The SMILES string of the molecule is CC(C)C1(C)CC(=O)N(C(CN)c2ccccc2)C1=O. The van der Waals surface area contributed by atoms with Crippen molar-refractivity contribution in [1.29, 1.82) is 0 Å². The van der Waals surface area contributed by atoms with E-state index in [1.165, 1.54) is 4.90 Å². The molecule has 1 fully saturated rings. The number of likely N-dealkylation sites (tertiary alicyclic amines) is 1. The van der Waals surface area contributed by atoms with Crippen molar-refractivity contribution < 1.29 is 9.59 Å². The number of carbonyl (C=O) groups excluding carboxylic acids is 2. The van der Waals surface area contributed by atoms with Crippen molar-refractivity contribution in [2.45, 2.75) is 33.2 Å². The molecule has 2 amide bonds. The van der Waals surface area contributed by atoms with Crippen molar-refractivity contribution in [3.05, 3.63) is 35.9 Å². The van der Waals surface area contributed by atoms with Gasteiger partial charge in [0.05, 0.1) is 11.5 Å². The van der Waals surface area contributed by atoms with Crippen LogP contribution in [0.5, 0.6) is 0 Å². The number of rotatable bonds is 4. The van der Waals surface area contributed by atoms with E-state index in [9.17, 15) is 9.59 Å². The molecular formula is C16H22N2O2. The van der Waals surface area contributed by atoms with Gasteiger partial charge in [-0.25, -0.2) is 0 Å². The van der Waals surface area contributed by atoms with Gasteiger partial charge in [-0.05, 0) is 18.4 Å². The van der Waals surface area contributed by atoms with Crippen LogP contribution in [-0.2, 0) is 9.59 Å². The van der Waals surface area contributed by atoms with E-state index in [0.717, 1.165) is 5.56 Å². The molecule has 1 heterocycles. The largest absolute Gasteiger partial charge is 0.328 e. The van der Waals surface area contributed by atoms with Crippen molar-refractivity contribution in [3.63, 3.8) is 0 Å². The molecule has 1 aromatic rings. The van der Waals surface area contributed by atoms with Gasteiger partial charge < -0.3 is 5.73 Å². The number of nitrogens with zero attached hydrogens (tertiary/aromatic N) is 1. The highest BCUT2D eigenvalue weighted by molar-refractivity contribution is 6.06. The molecule has 0 saturated carbocycles. The van der Waals surface area contributed by atoms with Gasteiger partial charge in [-0.3, -0.25) is 14.5 Å². The fourth-order valence-electron chi connectivity index (χ4n) is 2.70. The van der Waals surface area contributed by atoms with Crippen molar-refractivity contribution in [1.82, 2.24) is 4.90 Å². The summed E-state index contributed by atoms with van der Waals surface area (Å²) in [7, 11) is 0. The van der Waals surface area contributed by atoms with Crippen molar-refractivity contribution in [2.75, 3.05) is 6.54 Å². The maximum atomic E-state index is 12.7. The van der Waals surface area contributed by atoms with Crippen molar-refractivity contribution in [3.8, 4) is 0 Å². The van der Waals surface area contributed by atoms with Crippen LogP contribution in [0.3, 0.4) is 0 Å². The zero-order valence-corrected chi connectivity index (χ0v) is 12.3. The fourth-order valence-corrected chi connectivity index (χ4v) is 2.70. The van der Waals surface area contributed by atoms with Gasteiger partial charge in [-0.1, -0.05) is 44.2 Å². The minimum absolute atomic E-state index is 0.100. The summed E-state index contributed by atoms with van der Waals surface area (Å²) >= 11 is 0. The lowest BCUT2D eigenvalue weighted by Gasteiger charge is -2.30. The molecule has 0 aromatic heterocycles. The summed E-state index contributed by atoms with van der Waals surface area (Å²) in [5.74, 6) is -0.0968. The third-order valence-electron chi connectivity index (χ3n) is 4.49. The van der Waals surface area contributed by atoms with Crippen molar-refractivity contribution >= 4 is 11.8 Å². The van der Waals surface area contributed by atoms with Gasteiger partial charge in [0.2, 0.25) is 11.8 Å². The third-order valence-corrected chi connectivity index (χ3v) is 4.49. The second-order valence-electron chi connectivity index (χ2n) is 5.98. The fraction of sp³-hybridized carbons (Fsp3) is 0.500. The second kappa shape index (κ2) is 5.37. The number of nitrogens with two attached hydrogens (primary N) is 1. The number of amides is 2. The number of imide groups is 1. The first-order valence-electron chi connectivity index (χ1n) is 7.03. The van der Waals surface area contributed by atoms with Crippen LogP contribution in [0.4, 0.5) is 0 Å². The van der Waals surface area contributed by atoms with Gasteiger partial charge in [-0.2, -0.15) is 0 Å². The van der Waals surface area contributed by atoms with E-state index in [2.05, 4.69) is 0 Å². The Bertz CT molecular complexity index is 512. The zero-order valence-electron chi connectivity index (χ0n) is 12.3. The molecule has 0 spiro atoms. The second-order valence-corrected chi connectivity index (χ2v) is 5.98. The summed E-state index contributed by atoms with van der Waals surface area (Å²) < 4.78 is 0. The minimum Gasteiger partial charge on any atom is -0.328 e. The average molecular weight is 274 g/mol. The Hall–Kier alpha value is -1.68. The molecule has 2 unspecified atom stereocenters. The lowest BCUT2D eigenvalue weighted by Crippen LogP contribution is -2.41. The first-order valence-corrected chi connectivity index (χ1v) is 7.03. The Labute approximate surface area is 119 Å². The first kappa shape index (κ1) is 14.7. The topological polar surface area (TPSA) is 63.4 Å². The molecule has 2 rings (SSSR count). The van der Waals surface area contributed by atoms with Gasteiger partial charge in [-0.15, -0.1) is 0 Å². The molecule has 1 aliphatic heterocycles. The summed E-state index contributed by atoms with van der Waals surface area (Å²) in [6.45, 7) is 6.08. The van der Waals surface area contributed by atoms with E-state index in [4.69, 9.17) is 5.73 Å². The van der Waals surface area contributed by atoms with Gasteiger partial charge in [0, 0.05) is 13.0 Å². The van der Waals surface area contributed by atoms with Gasteiger partial charge in [0.25, 0.3) is 0 Å². The van der Waals surface area contributed by atoms with Crippen molar-refractivity contribution in [2.24, 2.45) is 17.1 Å². The molecule has 4 heteroatoms. The van der Waals surface area contributed by atoms with Crippen LogP contribution in [0.25, 0.3) is 0 Å². The van der Waals surface area contributed by atoms with E-state index >= 15 is 0 Å². The highest BCUT2D eigenvalue weighted by Crippen LogP contribution is 2.42. The van der Waals surface area contributed by atoms with Crippen LogP contribution >= 0.6 is 0 Å². The number of benzene rings is 1. The molecule has 0 bridgehead atoms. The predicted octanol–water partition coefficient (Wildman–Crippen LogP) is 2.11. The van der Waals surface area contributed by atoms with Crippen LogP contribution in [-0.4, -0.2) is 23.3 Å². The van der Waals surface area contributed by atoms with Crippen LogP contribution in [0, 0.1) is 11.3 Å². The quantitative estimate of drug-likeness (QED) is 0.855. The van der Waals surface area contributed by atoms with Gasteiger partial charge >= 0.3 is 0 Å². The van der Waals surface area contributed by atoms with Gasteiger partial charge in [0.15, 0.2) is 0 Å². The Morgan fingerprint density at radius 2 is 1.85 bits per heavy atom. The summed E-state index contributed by atoms with van der Waals surface area (Å²) in [4.78, 5) is 26.4. The molecule has 2 N–H and O–H groups in total. The zero-order chi connectivity index (χ0) is 14.9. The summed E-state index contributed by atoms with van der Waals surface area (Å²) in [5.41, 5.74) is 6.12. The standard InChI is InChI=1S/C16H22N2O2/c1-11(2)16(3)9-14(19)18(15(16)20)13(10-17)12-7-5-4-6-8-12/h4-8,11,13H,9-10,17H2,1-3H3. The number of carbonyl (C=O) groups is 2. The third kappa shape index (κ3) is 2.24. The monoisotopic (exact) mass is 274 g/mol. The van der Waals surface area contributed by atoms with Gasteiger partial charge in [0.1, 0.15) is 0 Å². The molecule has 1 aromatic carbocycles. The first-order chi connectivity index (χ1) is 9.41. The Kier molecular flexibility index (Phi) is 3.95. The predicted molar refractivity (Wildman–Crippen MR) is 77.7 cm³/mol. The minimum atomic E-state index is -0.612. The van der Waals surface area contributed by atoms with Crippen LogP contribution < -0.4 is 5.73 Å². The molecule has 1 aliphatic rings. The smallest absolute Gasteiger partial charge is 0.236 e. The van der Waals surface area contributed by atoms with Crippen LogP contribution in [0.1, 0.15) is 38.8 Å². The molecule has 20 heavy (non-hydrogen) atoms. The lowest BCUT2D eigenvalue weighted by molar-refractivity contribution is -0.144. The molecule has 4 nitrogen and oxygen atoms in total. The average Bonchev–Trinajstić information content (AvgIpc) is 2.66. The highest BCUT2D eigenvalue weighted by Gasteiger charge is 2.51. The Balaban J connectivity index is 2.37. The molecule has 108 valence electrons. The molecule has 1 saturated heterocycles. The van der Waals surface area contributed by atoms with E-state index in [1.807, 2.05) is 51.1 Å². The molecular weight excluding hydrogens is 252 g/mol. The lowest BCUT2D eigenvalue weighted by atomic mass is 9.78. The Morgan fingerprint density at radius 1 is 1.25 bits per heavy atom. The van der Waals surface area contributed by atoms with Crippen LogP contribution in [0.2, 0.25) is 0 Å². The van der Waals surface area contributed by atoms with E-state index in [-0.39, 0.29) is 36.7 Å². The van der Waals surface area contributed by atoms with E-state index < -0.39 is 5.41 Å². The highest BCUT2D eigenvalue weighted by atomic mass is 16.2.